The second-order valence-corrected chi connectivity index (χ2v) is 4.87. The molecule has 1 aliphatic carbocycles. The lowest BCUT2D eigenvalue weighted by molar-refractivity contribution is -0.111. The summed E-state index contributed by atoms with van der Waals surface area (Å²) in [5, 5.41) is 3.84. The van der Waals surface area contributed by atoms with E-state index in [9.17, 15) is 9.59 Å². The molecule has 104 valence electrons. The zero-order valence-corrected chi connectivity index (χ0v) is 11.7. The molecule has 1 aliphatic rings. The lowest BCUT2D eigenvalue weighted by Gasteiger charge is -2.14. The van der Waals surface area contributed by atoms with Gasteiger partial charge in [0.05, 0.1) is 0 Å². The Balaban J connectivity index is 2.18. The summed E-state index contributed by atoms with van der Waals surface area (Å²) in [6.45, 7) is 5.62. The van der Waals surface area contributed by atoms with E-state index in [2.05, 4.69) is 5.16 Å². The van der Waals surface area contributed by atoms with Crippen molar-refractivity contribution in [3.05, 3.63) is 47.8 Å². The zero-order chi connectivity index (χ0) is 14.7. The Morgan fingerprint density at radius 3 is 2.50 bits per heavy atom. The summed E-state index contributed by atoms with van der Waals surface area (Å²) in [5.74, 6) is 0.0744. The SMILES string of the molecule is CC1=CC(=O)C(C(C)C)=C/C1=N\OC(=O)n1cccc1. The Labute approximate surface area is 117 Å². The fourth-order valence-electron chi connectivity index (χ4n) is 1.83. The molecule has 0 fully saturated rings. The van der Waals surface area contributed by atoms with Crippen molar-refractivity contribution in [1.82, 2.24) is 4.57 Å². The number of carbonyl (C=O) groups is 2. The van der Waals surface area contributed by atoms with Crippen molar-refractivity contribution >= 4 is 17.6 Å². The maximum absolute atomic E-state index is 11.8. The first-order valence-electron chi connectivity index (χ1n) is 6.36. The van der Waals surface area contributed by atoms with Gasteiger partial charge < -0.3 is 0 Å². The Morgan fingerprint density at radius 2 is 1.90 bits per heavy atom. The highest BCUT2D eigenvalue weighted by atomic mass is 16.7. The Hall–Kier alpha value is -2.43. The Bertz CT molecular complexity index is 620. The highest BCUT2D eigenvalue weighted by Gasteiger charge is 2.19. The normalized spacial score (nSPS) is 17.2. The minimum Gasteiger partial charge on any atom is -0.297 e. The van der Waals surface area contributed by atoms with Gasteiger partial charge in [0.1, 0.15) is 5.71 Å². The van der Waals surface area contributed by atoms with E-state index in [-0.39, 0.29) is 11.7 Å². The molecule has 0 atom stereocenters. The van der Waals surface area contributed by atoms with Gasteiger partial charge in [0, 0.05) is 18.0 Å². The average Bonchev–Trinajstić information content (AvgIpc) is 2.90. The van der Waals surface area contributed by atoms with Crippen LogP contribution in [0.2, 0.25) is 0 Å². The molecule has 20 heavy (non-hydrogen) atoms. The van der Waals surface area contributed by atoms with Crippen molar-refractivity contribution in [3.8, 4) is 0 Å². The summed E-state index contributed by atoms with van der Waals surface area (Å²) in [4.78, 5) is 28.3. The topological polar surface area (TPSA) is 60.7 Å². The summed E-state index contributed by atoms with van der Waals surface area (Å²) < 4.78 is 1.28. The van der Waals surface area contributed by atoms with E-state index in [1.54, 1.807) is 37.5 Å². The van der Waals surface area contributed by atoms with Crippen LogP contribution in [-0.2, 0) is 9.63 Å². The standard InChI is InChI=1S/C15H16N2O3/c1-10(2)12-9-13(11(3)8-14(12)18)16-20-15(19)17-6-4-5-7-17/h4-10H,1-3H3/b16-13+. The molecule has 0 aliphatic heterocycles. The maximum atomic E-state index is 11.8. The molecule has 0 bridgehead atoms. The van der Waals surface area contributed by atoms with Crippen molar-refractivity contribution in [2.45, 2.75) is 20.8 Å². The molecule has 0 radical (unpaired) electrons. The molecule has 1 aromatic rings. The number of hydrogen-bond acceptors (Lipinski definition) is 4. The van der Waals surface area contributed by atoms with Gasteiger partial charge in [-0.1, -0.05) is 19.0 Å². The highest BCUT2D eigenvalue weighted by Crippen LogP contribution is 2.19. The minimum atomic E-state index is -0.591. The van der Waals surface area contributed by atoms with Gasteiger partial charge in [-0.25, -0.2) is 4.79 Å². The molecule has 0 spiro atoms. The molecule has 1 aromatic heterocycles. The van der Waals surface area contributed by atoms with E-state index in [4.69, 9.17) is 4.84 Å². The van der Waals surface area contributed by atoms with E-state index >= 15 is 0 Å². The van der Waals surface area contributed by atoms with Gasteiger partial charge in [0.2, 0.25) is 0 Å². The molecular weight excluding hydrogens is 256 g/mol. The molecule has 5 nitrogen and oxygen atoms in total. The number of carbonyl (C=O) groups excluding carboxylic acids is 2. The van der Waals surface area contributed by atoms with E-state index in [0.29, 0.717) is 16.9 Å². The number of hydrogen-bond donors (Lipinski definition) is 0. The van der Waals surface area contributed by atoms with Gasteiger partial charge >= 0.3 is 6.09 Å². The maximum Gasteiger partial charge on any atom is 0.444 e. The summed E-state index contributed by atoms with van der Waals surface area (Å²) >= 11 is 0. The molecule has 1 heterocycles. The third-order valence-electron chi connectivity index (χ3n) is 2.99. The molecule has 0 saturated heterocycles. The fourth-order valence-corrected chi connectivity index (χ4v) is 1.83. The summed E-state index contributed by atoms with van der Waals surface area (Å²) in [6.07, 6.45) is 5.74. The molecule has 0 amide bonds. The van der Waals surface area contributed by atoms with Crippen molar-refractivity contribution in [2.24, 2.45) is 11.1 Å². The lowest BCUT2D eigenvalue weighted by Crippen LogP contribution is -2.17. The van der Waals surface area contributed by atoms with Gasteiger partial charge in [0.25, 0.3) is 0 Å². The predicted octanol–water partition coefficient (Wildman–Crippen LogP) is 2.94. The van der Waals surface area contributed by atoms with Crippen LogP contribution < -0.4 is 0 Å². The largest absolute Gasteiger partial charge is 0.444 e. The number of nitrogens with zero attached hydrogens (tertiary/aromatic N) is 2. The van der Waals surface area contributed by atoms with Gasteiger partial charge in [-0.2, -0.15) is 0 Å². The Morgan fingerprint density at radius 1 is 1.25 bits per heavy atom. The van der Waals surface area contributed by atoms with Crippen molar-refractivity contribution in [1.29, 1.82) is 0 Å². The van der Waals surface area contributed by atoms with Crippen LogP contribution in [0.15, 0.2) is 53.0 Å². The number of rotatable bonds is 2. The third-order valence-corrected chi connectivity index (χ3v) is 2.99. The number of oxime groups is 1. The number of allylic oxidation sites excluding steroid dienone is 4. The molecule has 0 aromatic carbocycles. The number of ketones is 1. The van der Waals surface area contributed by atoms with E-state index in [0.717, 1.165) is 0 Å². The lowest BCUT2D eigenvalue weighted by atomic mass is 9.90. The first-order chi connectivity index (χ1) is 9.49. The van der Waals surface area contributed by atoms with Gasteiger partial charge in [-0.15, -0.1) is 0 Å². The smallest absolute Gasteiger partial charge is 0.297 e. The monoisotopic (exact) mass is 272 g/mol. The number of aromatic nitrogens is 1. The van der Waals surface area contributed by atoms with Crippen LogP contribution in [0.25, 0.3) is 0 Å². The van der Waals surface area contributed by atoms with Crippen molar-refractivity contribution in [2.75, 3.05) is 0 Å². The van der Waals surface area contributed by atoms with E-state index < -0.39 is 6.09 Å². The molecular formula is C15H16N2O3. The molecule has 0 N–H and O–H groups in total. The molecule has 0 unspecified atom stereocenters. The summed E-state index contributed by atoms with van der Waals surface area (Å²) in [5.41, 5.74) is 1.83. The van der Waals surface area contributed by atoms with Crippen LogP contribution >= 0.6 is 0 Å². The fraction of sp³-hybridized carbons (Fsp3) is 0.267. The molecule has 0 saturated carbocycles. The van der Waals surface area contributed by atoms with Crippen molar-refractivity contribution < 1.29 is 14.4 Å². The van der Waals surface area contributed by atoms with E-state index in [1.807, 2.05) is 13.8 Å². The quantitative estimate of drug-likeness (QED) is 0.472. The van der Waals surface area contributed by atoms with Crippen LogP contribution in [0.5, 0.6) is 0 Å². The third kappa shape index (κ3) is 2.93. The Kier molecular flexibility index (Phi) is 3.98. The minimum absolute atomic E-state index is 0.0202. The average molecular weight is 272 g/mol. The van der Waals surface area contributed by atoms with Crippen LogP contribution in [0.1, 0.15) is 20.8 Å². The van der Waals surface area contributed by atoms with Crippen LogP contribution in [0.3, 0.4) is 0 Å². The first-order valence-corrected chi connectivity index (χ1v) is 6.36. The predicted molar refractivity (Wildman–Crippen MR) is 75.4 cm³/mol. The second kappa shape index (κ2) is 5.69. The van der Waals surface area contributed by atoms with Crippen LogP contribution in [-0.4, -0.2) is 22.2 Å². The first kappa shape index (κ1) is 14.0. The van der Waals surface area contributed by atoms with Gasteiger partial charge in [-0.05, 0) is 42.7 Å². The molecule has 2 rings (SSSR count). The summed E-state index contributed by atoms with van der Waals surface area (Å²) in [7, 11) is 0. The highest BCUT2D eigenvalue weighted by molar-refractivity contribution is 6.21. The van der Waals surface area contributed by atoms with Gasteiger partial charge in [-0.3, -0.25) is 14.2 Å². The summed E-state index contributed by atoms with van der Waals surface area (Å²) in [6, 6.07) is 3.44. The van der Waals surface area contributed by atoms with Crippen LogP contribution in [0.4, 0.5) is 4.79 Å². The second-order valence-electron chi connectivity index (χ2n) is 4.87. The zero-order valence-electron chi connectivity index (χ0n) is 11.7. The van der Waals surface area contributed by atoms with Gasteiger partial charge in [0.15, 0.2) is 5.78 Å². The van der Waals surface area contributed by atoms with Crippen LogP contribution in [0, 0.1) is 5.92 Å². The molecule has 5 heteroatoms. The van der Waals surface area contributed by atoms with Crippen molar-refractivity contribution in [3.63, 3.8) is 0 Å². The van der Waals surface area contributed by atoms with E-state index in [1.165, 1.54) is 10.6 Å².